The molecule has 8 aromatic carbocycles. The van der Waals surface area contributed by atoms with Crippen LogP contribution in [0.2, 0.25) is 0 Å². The molecule has 28 heteroatoms. The third kappa shape index (κ3) is 17.9. The Labute approximate surface area is 706 Å². The summed E-state index contributed by atoms with van der Waals surface area (Å²) in [7, 11) is 0. The number of carbonyl (C=O) groups excluding carboxylic acids is 5. The number of urea groups is 1. The number of amides is 6. The summed E-state index contributed by atoms with van der Waals surface area (Å²) in [4.78, 5) is 123. The van der Waals surface area contributed by atoms with Crippen molar-refractivity contribution in [3.63, 3.8) is 0 Å². The highest BCUT2D eigenvalue weighted by Crippen LogP contribution is 2.56. The fourth-order valence-corrected chi connectivity index (χ4v) is 17.4. The van der Waals surface area contributed by atoms with Crippen molar-refractivity contribution in [2.45, 2.75) is 83.5 Å². The van der Waals surface area contributed by atoms with E-state index in [-0.39, 0.29) is 40.5 Å². The summed E-state index contributed by atoms with van der Waals surface area (Å²) in [5.74, 6) is -10.6. The van der Waals surface area contributed by atoms with Gasteiger partial charge in [0.25, 0.3) is 0 Å². The van der Waals surface area contributed by atoms with Gasteiger partial charge in [-0.3, -0.25) is 43.3 Å². The zero-order valence-corrected chi connectivity index (χ0v) is 68.9. The molecule has 4 atom stereocenters. The van der Waals surface area contributed by atoms with Gasteiger partial charge >= 0.3 is 29.9 Å². The van der Waals surface area contributed by atoms with Gasteiger partial charge in [0.05, 0.1) is 54.1 Å². The predicted octanol–water partition coefficient (Wildman–Crippen LogP) is 13.1. The maximum atomic E-state index is 16.2. The van der Waals surface area contributed by atoms with Crippen molar-refractivity contribution in [3.8, 4) is 73.5 Å². The summed E-state index contributed by atoms with van der Waals surface area (Å²) in [6, 6.07) is 63.5. The lowest BCUT2D eigenvalue weighted by molar-refractivity contribution is -0.155. The van der Waals surface area contributed by atoms with E-state index in [4.69, 9.17) is 32.8 Å². The average Bonchev–Trinajstić information content (AvgIpc) is 1.32. The first-order valence-electron chi connectivity index (χ1n) is 39.7. The first-order valence-corrected chi connectivity index (χ1v) is 41.3. The molecule has 626 valence electrons. The van der Waals surface area contributed by atoms with Crippen LogP contribution in [0.5, 0.6) is 5.75 Å². The molecular weight excluding hydrogens is 1570 g/mol. The first-order chi connectivity index (χ1) is 58.4. The second-order valence-electron chi connectivity index (χ2n) is 30.4. The molecule has 2 saturated heterocycles. The lowest BCUT2D eigenvalue weighted by atomic mass is 9.59. The highest BCUT2D eigenvalue weighted by molar-refractivity contribution is 7.90. The minimum Gasteiger partial charge on any atom is -0.612 e. The van der Waals surface area contributed by atoms with Crippen LogP contribution in [-0.2, 0) is 43.2 Å². The highest BCUT2D eigenvalue weighted by Gasteiger charge is 2.57. The third-order valence-electron chi connectivity index (χ3n) is 22.7. The lowest BCUT2D eigenvalue weighted by Crippen LogP contribution is -2.47. The number of carboxylic acids is 4. The number of nitrogens with one attached hydrogen (secondary N) is 2. The zero-order valence-electron chi connectivity index (χ0n) is 68.1. The fourth-order valence-electron chi connectivity index (χ4n) is 16.8. The van der Waals surface area contributed by atoms with Crippen LogP contribution < -0.4 is 48.1 Å². The first kappa shape index (κ1) is 85.7. The minimum absolute atomic E-state index is 0.00955. The van der Waals surface area contributed by atoms with Gasteiger partial charge in [-0.2, -0.15) is 0 Å². The Bertz CT molecular complexity index is 6020. The Morgan fingerprint density at radius 1 is 0.459 bits per heavy atom. The number of carbonyl (C=O) groups is 9. The van der Waals surface area contributed by atoms with E-state index in [0.29, 0.717) is 111 Å². The van der Waals surface area contributed by atoms with Crippen LogP contribution in [0.25, 0.3) is 67.8 Å². The highest BCUT2D eigenvalue weighted by atomic mass is 32.2. The largest absolute Gasteiger partial charge is 0.612 e. The van der Waals surface area contributed by atoms with Crippen molar-refractivity contribution in [3.05, 3.63) is 286 Å². The van der Waals surface area contributed by atoms with Crippen molar-refractivity contribution in [2.75, 3.05) is 61.9 Å². The van der Waals surface area contributed by atoms with Gasteiger partial charge in [0, 0.05) is 137 Å². The number of aliphatic carboxylic acids is 4. The molecule has 4 unspecified atom stereocenters. The summed E-state index contributed by atoms with van der Waals surface area (Å²) in [6.07, 6.45) is -0.319. The molecule has 2 aliphatic heterocycles. The van der Waals surface area contributed by atoms with Gasteiger partial charge in [0.2, 0.25) is 23.6 Å². The molecule has 4 aromatic heterocycles. The van der Waals surface area contributed by atoms with Crippen LogP contribution in [-0.4, -0.2) is 149 Å². The van der Waals surface area contributed by atoms with Crippen LogP contribution >= 0.6 is 0 Å². The topological polar surface area (TPSA) is 421 Å². The van der Waals surface area contributed by atoms with Crippen molar-refractivity contribution in [1.29, 1.82) is 0 Å². The van der Waals surface area contributed by atoms with Gasteiger partial charge in [0.15, 0.2) is 4.90 Å². The number of anilines is 2. The number of nitrogens with zero attached hydrogens (tertiary/aromatic N) is 6. The van der Waals surface area contributed by atoms with Gasteiger partial charge in [-0.05, 0) is 291 Å². The number of aromatic nitrogens is 4. The van der Waals surface area contributed by atoms with Crippen molar-refractivity contribution in [1.82, 2.24) is 28.9 Å². The molecule has 0 bridgehead atoms. The molecule has 14 N–H and O–H groups in total. The lowest BCUT2D eigenvalue weighted by Gasteiger charge is -2.44. The van der Waals surface area contributed by atoms with Crippen molar-refractivity contribution >= 4 is 76.1 Å². The number of hydrogen-bond donors (Lipinski definition) is 10. The Kier molecular flexibility index (Phi) is 25.7. The summed E-state index contributed by atoms with van der Waals surface area (Å²) in [6.45, 7) is 13.5. The molecule has 27 nitrogen and oxygen atoms in total. The van der Waals surface area contributed by atoms with Gasteiger partial charge in [-0.1, -0.05) is 24.3 Å². The Morgan fingerprint density at radius 3 is 1.20 bits per heavy atom. The van der Waals surface area contributed by atoms with Gasteiger partial charge in [-0.25, -0.2) is 4.79 Å². The van der Waals surface area contributed by atoms with E-state index in [1.54, 1.807) is 162 Å². The molecule has 122 heavy (non-hydrogen) atoms. The Hall–Kier alpha value is -14.2. The minimum atomic E-state index is -2.54. The number of primary amides is 4. The van der Waals surface area contributed by atoms with Crippen molar-refractivity contribution in [2.24, 2.45) is 28.3 Å². The zero-order chi connectivity index (χ0) is 87.1. The van der Waals surface area contributed by atoms with Crippen LogP contribution in [0.4, 0.5) is 16.2 Å². The monoisotopic (exact) mass is 1660 g/mol. The van der Waals surface area contributed by atoms with E-state index in [1.807, 2.05) is 108 Å². The number of hydrogen-bond acceptors (Lipinski definition) is 13. The Balaban J connectivity index is 0.000000372. The van der Waals surface area contributed by atoms with Gasteiger partial charge in [0.1, 0.15) is 12.0 Å². The number of benzene rings is 8. The molecule has 14 rings (SSSR count). The molecule has 2 aliphatic rings. The van der Waals surface area contributed by atoms with Crippen LogP contribution in [0.15, 0.2) is 223 Å². The Morgan fingerprint density at radius 2 is 0.836 bits per heavy atom. The van der Waals surface area contributed by atoms with E-state index in [2.05, 4.69) is 15.5 Å². The summed E-state index contributed by atoms with van der Waals surface area (Å²) in [5, 5.41) is 51.7. The average molecular weight is 1660 g/mol. The molecular formula is C94H94N12O15S. The maximum absolute atomic E-state index is 16.2. The number of rotatable bonds is 31. The molecule has 12 aromatic rings. The summed E-state index contributed by atoms with van der Waals surface area (Å²) < 4.78 is 24.9. The third-order valence-corrected chi connectivity index (χ3v) is 23.7. The number of nitrogens with two attached hydrogens (primary N) is 4. The van der Waals surface area contributed by atoms with E-state index in [1.165, 1.54) is 12.1 Å². The fraction of sp³-hybridized carbons (Fsp3) is 0.223. The van der Waals surface area contributed by atoms with Crippen LogP contribution in [0.1, 0.15) is 124 Å². The second kappa shape index (κ2) is 36.6. The second-order valence-corrected chi connectivity index (χ2v) is 31.8. The van der Waals surface area contributed by atoms with E-state index < -0.39 is 95.2 Å². The standard InChI is InChI=1S/C72H72N10O11.C22H22N2O4S/c1-5-93-54-20-10-47(11-21-54)62-27-29-64(82(62)59-24-14-50(69(75)89)38-44(59)4)56(40-66(85)86)72(70(90)91,41-53-19-25-60(80(53)57-22-12-48(67(73)87)36-42(57)2)45-6-15-51(16-7-45)78-33-30-76-31-34-78)55(39-65(83)84)63-28-26-61(81(63)58-23-13-49(68(74)88)37-43(58)3)46-8-17-52(18-9-46)79-35-32-77-71(79)92;1-14-13-16(22(23)27)5-10-19(14)24-17(7-12-21(25)26)6-11-20(24)15-3-8-18(9-4-15)29(2)28/h6-29,36-38,55-56,76H,5,30-35,39-41H2,1-4H3,(H2,73,87)(H2,74,88)(H2,75,89)(H,77,92)(H,83,84)(H,85,86)(H,90,91);3-6,8-11,13H,7,12H2,1-2H3,(H2,23,27)(H,25,26). The number of ether oxygens (including phenoxy) is 1. The van der Waals surface area contributed by atoms with E-state index in [0.717, 1.165) is 70.5 Å². The van der Waals surface area contributed by atoms with Gasteiger partial charge in [-0.15, -0.1) is 0 Å². The van der Waals surface area contributed by atoms with Crippen LogP contribution in [0.3, 0.4) is 0 Å². The number of piperazine rings is 1. The molecule has 2 fully saturated rings. The quantitative estimate of drug-likeness (QED) is 0.0180. The molecule has 6 amide bonds. The molecule has 6 heterocycles. The van der Waals surface area contributed by atoms with Crippen LogP contribution in [0, 0.1) is 33.1 Å². The molecule has 0 radical (unpaired) electrons. The molecule has 0 aliphatic carbocycles. The normalized spacial score (nSPS) is 13.9. The number of aryl methyl sites for hydroxylation is 5. The van der Waals surface area contributed by atoms with Gasteiger partial charge < -0.3 is 86.5 Å². The SMILES string of the molecule is CCOc1ccc(-c2ccc(C(CC(=O)O)C(Cc3ccc(-c4ccc(N5CCNCC5)cc4)n3-c3ccc(C(N)=O)cc3C)(C(=O)O)C(CC(=O)O)c3ccc(-c4ccc(N5CCNC5=O)cc4)n3-c3ccc(C(N)=O)cc3C)n2-c2ccc(C(N)=O)cc2C)cc1.Cc1cc(C(N)=O)ccc1-n1c(CCC(=O)O)ccc1-c1ccc([S+](C)[O-])cc1. The van der Waals surface area contributed by atoms with E-state index in [9.17, 15) is 58.2 Å². The summed E-state index contributed by atoms with van der Waals surface area (Å²) in [5.41, 5.74) is 34.3. The van der Waals surface area contributed by atoms with Crippen molar-refractivity contribution < 1.29 is 72.9 Å². The molecule has 0 spiro atoms. The number of carboxylic acid groups (broad SMARTS) is 4. The molecule has 0 saturated carbocycles. The predicted molar refractivity (Wildman–Crippen MR) is 467 cm³/mol. The maximum Gasteiger partial charge on any atom is 0.321 e. The smallest absolute Gasteiger partial charge is 0.321 e. The van der Waals surface area contributed by atoms with E-state index >= 15 is 4.79 Å². The summed E-state index contributed by atoms with van der Waals surface area (Å²) >= 11 is -1.06.